The number of aryl methyl sites for hydroxylation is 2. The van der Waals surface area contributed by atoms with Crippen LogP contribution < -0.4 is 0 Å². The molecule has 1 N–H and O–H groups in total. The third-order valence-electron chi connectivity index (χ3n) is 4.18. The highest BCUT2D eigenvalue weighted by Gasteiger charge is 2.36. The lowest BCUT2D eigenvalue weighted by Crippen LogP contribution is -2.55. The molecule has 3 heterocycles. The third-order valence-corrected chi connectivity index (χ3v) is 4.18. The van der Waals surface area contributed by atoms with Gasteiger partial charge in [0.25, 0.3) is 5.91 Å². The molecule has 1 saturated heterocycles. The van der Waals surface area contributed by atoms with Gasteiger partial charge in [0.05, 0.1) is 29.3 Å². The largest absolute Gasteiger partial charge is 0.382 e. The molecule has 0 bridgehead atoms. The maximum absolute atomic E-state index is 13.2. The Balaban J connectivity index is 1.98. The fourth-order valence-corrected chi connectivity index (χ4v) is 3.36. The van der Waals surface area contributed by atoms with Crippen LogP contribution in [0, 0.1) is 13.8 Å². The first-order chi connectivity index (χ1) is 11.3. The maximum Gasteiger partial charge on any atom is 0.254 e. The van der Waals surface area contributed by atoms with Crippen molar-refractivity contribution < 1.29 is 14.3 Å². The van der Waals surface area contributed by atoms with Crippen LogP contribution in [0.15, 0.2) is 6.07 Å². The summed E-state index contributed by atoms with van der Waals surface area (Å²) in [5.41, 5.74) is 2.43. The fourth-order valence-electron chi connectivity index (χ4n) is 3.36. The van der Waals surface area contributed by atoms with Crippen LogP contribution in [0.25, 0.3) is 11.0 Å². The van der Waals surface area contributed by atoms with E-state index in [9.17, 15) is 4.79 Å². The molecule has 1 aliphatic rings. The Hall–Kier alpha value is -1.99. The van der Waals surface area contributed by atoms with Gasteiger partial charge in [-0.1, -0.05) is 0 Å². The van der Waals surface area contributed by atoms with Gasteiger partial charge in [0.1, 0.15) is 0 Å². The molecule has 1 atom stereocenters. The highest BCUT2D eigenvalue weighted by Crippen LogP contribution is 2.26. The number of H-pyrrole nitrogens is 1. The third kappa shape index (κ3) is 3.14. The molecular formula is C17H24N4O3. The van der Waals surface area contributed by atoms with E-state index in [1.165, 1.54) is 0 Å². The van der Waals surface area contributed by atoms with E-state index < -0.39 is 5.60 Å². The van der Waals surface area contributed by atoms with E-state index in [1.54, 1.807) is 7.11 Å². The van der Waals surface area contributed by atoms with Gasteiger partial charge in [0.2, 0.25) is 0 Å². The van der Waals surface area contributed by atoms with E-state index in [0.717, 1.165) is 16.8 Å². The molecule has 0 unspecified atom stereocenters. The van der Waals surface area contributed by atoms with Gasteiger partial charge in [-0.05, 0) is 33.8 Å². The number of aromatic amines is 1. The Kier molecular flexibility index (Phi) is 4.31. The smallest absolute Gasteiger partial charge is 0.254 e. The number of nitrogens with zero attached hydrogens (tertiary/aromatic N) is 3. The average Bonchev–Trinajstić information content (AvgIpc) is 2.85. The number of carbonyl (C=O) groups is 1. The van der Waals surface area contributed by atoms with Crippen LogP contribution in [-0.4, -0.2) is 64.5 Å². The average molecular weight is 332 g/mol. The molecule has 3 rings (SSSR count). The summed E-state index contributed by atoms with van der Waals surface area (Å²) < 4.78 is 11.2. The van der Waals surface area contributed by atoms with E-state index in [-0.39, 0.29) is 12.0 Å². The SMILES string of the molecule is COC[C@@H]1CN(C(=O)c2cc(C)nc3n[nH]c(C)c23)CC(C)(C)O1. The molecule has 1 aliphatic heterocycles. The molecule has 0 aliphatic carbocycles. The fraction of sp³-hybridized carbons (Fsp3) is 0.588. The molecule has 2 aromatic rings. The standard InChI is InChI=1S/C17H24N4O3/c1-10-6-13(14-11(2)19-20-15(14)18-10)16(22)21-7-12(8-23-5)24-17(3,4)9-21/h6,12H,7-9H2,1-5H3,(H,18,19,20)/t12-/m0/s1. The second-order valence-electron chi connectivity index (χ2n) is 7.00. The van der Waals surface area contributed by atoms with Crippen molar-refractivity contribution in [1.82, 2.24) is 20.1 Å². The molecule has 1 amide bonds. The van der Waals surface area contributed by atoms with Crippen LogP contribution in [0.4, 0.5) is 0 Å². The van der Waals surface area contributed by atoms with Gasteiger partial charge in [-0.2, -0.15) is 5.10 Å². The Labute approximate surface area is 141 Å². The van der Waals surface area contributed by atoms with E-state index >= 15 is 0 Å². The first-order valence-corrected chi connectivity index (χ1v) is 8.09. The summed E-state index contributed by atoms with van der Waals surface area (Å²) >= 11 is 0. The van der Waals surface area contributed by atoms with Gasteiger partial charge in [-0.25, -0.2) is 4.98 Å². The molecule has 0 radical (unpaired) electrons. The molecular weight excluding hydrogens is 308 g/mol. The van der Waals surface area contributed by atoms with Crippen molar-refractivity contribution in [2.75, 3.05) is 26.8 Å². The zero-order valence-corrected chi connectivity index (χ0v) is 14.8. The van der Waals surface area contributed by atoms with E-state index in [1.807, 2.05) is 38.7 Å². The molecule has 7 nitrogen and oxygen atoms in total. The van der Waals surface area contributed by atoms with Crippen molar-refractivity contribution >= 4 is 16.9 Å². The zero-order valence-electron chi connectivity index (χ0n) is 14.8. The van der Waals surface area contributed by atoms with Crippen LogP contribution in [0.3, 0.4) is 0 Å². The van der Waals surface area contributed by atoms with Crippen molar-refractivity contribution in [3.8, 4) is 0 Å². The summed E-state index contributed by atoms with van der Waals surface area (Å²) in [4.78, 5) is 19.5. The lowest BCUT2D eigenvalue weighted by Gasteiger charge is -2.42. The first kappa shape index (κ1) is 16.9. The van der Waals surface area contributed by atoms with Crippen molar-refractivity contribution in [2.24, 2.45) is 0 Å². The molecule has 0 aromatic carbocycles. The molecule has 0 saturated carbocycles. The summed E-state index contributed by atoms with van der Waals surface area (Å²) in [5, 5.41) is 7.90. The van der Waals surface area contributed by atoms with Crippen LogP contribution in [-0.2, 0) is 9.47 Å². The number of aromatic nitrogens is 3. The van der Waals surface area contributed by atoms with Gasteiger partial charge in [-0.15, -0.1) is 0 Å². The maximum atomic E-state index is 13.2. The Morgan fingerprint density at radius 2 is 2.25 bits per heavy atom. The van der Waals surface area contributed by atoms with Crippen LogP contribution in [0.1, 0.15) is 35.6 Å². The van der Waals surface area contributed by atoms with E-state index in [2.05, 4.69) is 15.2 Å². The van der Waals surface area contributed by atoms with Crippen molar-refractivity contribution in [2.45, 2.75) is 39.4 Å². The summed E-state index contributed by atoms with van der Waals surface area (Å²) in [5.74, 6) is -0.0209. The van der Waals surface area contributed by atoms with Crippen molar-refractivity contribution in [1.29, 1.82) is 0 Å². The molecule has 7 heteroatoms. The molecule has 2 aromatic heterocycles. The van der Waals surface area contributed by atoms with Crippen molar-refractivity contribution in [3.63, 3.8) is 0 Å². The number of amides is 1. The van der Waals surface area contributed by atoms with Crippen LogP contribution in [0.5, 0.6) is 0 Å². The number of hydrogen-bond acceptors (Lipinski definition) is 5. The quantitative estimate of drug-likeness (QED) is 0.928. The number of rotatable bonds is 3. The summed E-state index contributed by atoms with van der Waals surface area (Å²) in [7, 11) is 1.64. The summed E-state index contributed by atoms with van der Waals surface area (Å²) in [6.07, 6.45) is -0.133. The number of nitrogens with one attached hydrogen (secondary N) is 1. The highest BCUT2D eigenvalue weighted by atomic mass is 16.5. The van der Waals surface area contributed by atoms with Crippen molar-refractivity contribution in [3.05, 3.63) is 23.0 Å². The normalized spacial score (nSPS) is 20.5. The topological polar surface area (TPSA) is 80.3 Å². The highest BCUT2D eigenvalue weighted by molar-refractivity contribution is 6.06. The molecule has 24 heavy (non-hydrogen) atoms. The van der Waals surface area contributed by atoms with Gasteiger partial charge < -0.3 is 14.4 Å². The number of fused-ring (bicyclic) bond motifs is 1. The molecule has 1 fully saturated rings. The Morgan fingerprint density at radius 3 is 2.96 bits per heavy atom. The zero-order chi connectivity index (χ0) is 17.5. The van der Waals surface area contributed by atoms with E-state index in [4.69, 9.17) is 9.47 Å². The lowest BCUT2D eigenvalue weighted by molar-refractivity contribution is -0.143. The minimum atomic E-state index is -0.413. The second-order valence-corrected chi connectivity index (χ2v) is 7.00. The number of morpholine rings is 1. The predicted molar refractivity (Wildman–Crippen MR) is 90.1 cm³/mol. The monoisotopic (exact) mass is 332 g/mol. The predicted octanol–water partition coefficient (Wildman–Crippen LogP) is 1.84. The first-order valence-electron chi connectivity index (χ1n) is 8.09. The van der Waals surface area contributed by atoms with Gasteiger partial charge in [0, 0.05) is 31.6 Å². The second kappa shape index (κ2) is 6.14. The summed E-state index contributed by atoms with van der Waals surface area (Å²) in [6.45, 7) is 9.26. The number of ether oxygens (including phenoxy) is 2. The van der Waals surface area contributed by atoms with E-state index in [0.29, 0.717) is 30.9 Å². The molecule has 0 spiro atoms. The van der Waals surface area contributed by atoms with Crippen LogP contribution >= 0.6 is 0 Å². The molecule has 130 valence electrons. The lowest BCUT2D eigenvalue weighted by atomic mass is 10.0. The number of methoxy groups -OCH3 is 1. The minimum Gasteiger partial charge on any atom is -0.382 e. The summed E-state index contributed by atoms with van der Waals surface area (Å²) in [6, 6.07) is 1.83. The minimum absolute atomic E-state index is 0.0209. The number of hydrogen-bond donors (Lipinski definition) is 1. The number of pyridine rings is 1. The Bertz CT molecular complexity index is 769. The number of carbonyl (C=O) groups excluding carboxylic acids is 1. The van der Waals surface area contributed by atoms with Gasteiger partial charge in [0.15, 0.2) is 5.65 Å². The van der Waals surface area contributed by atoms with Crippen LogP contribution in [0.2, 0.25) is 0 Å². The van der Waals surface area contributed by atoms with Gasteiger partial charge >= 0.3 is 0 Å². The van der Waals surface area contributed by atoms with Gasteiger partial charge in [-0.3, -0.25) is 9.89 Å². The Morgan fingerprint density at radius 1 is 1.50 bits per heavy atom.